The van der Waals surface area contributed by atoms with Gasteiger partial charge in [0.05, 0.1) is 0 Å². The van der Waals surface area contributed by atoms with E-state index in [-0.39, 0.29) is 0 Å². The summed E-state index contributed by atoms with van der Waals surface area (Å²) in [6.07, 6.45) is 25.0. The molecule has 150 valence electrons. The molecule has 0 unspecified atom stereocenters. The van der Waals surface area contributed by atoms with Gasteiger partial charge >= 0.3 is 0 Å². The molecule has 0 saturated heterocycles. The summed E-state index contributed by atoms with van der Waals surface area (Å²) in [6.45, 7) is 11.1. The Morgan fingerprint density at radius 1 is 1.10 bits per heavy atom. The average molecular weight is 384 g/mol. The first-order valence-corrected chi connectivity index (χ1v) is 10.3. The molecule has 0 spiro atoms. The molecule has 1 nitrogen and oxygen atoms in total. The van der Waals surface area contributed by atoms with Gasteiger partial charge in [0, 0.05) is 6.54 Å². The van der Waals surface area contributed by atoms with E-state index in [0.717, 1.165) is 24.0 Å². The van der Waals surface area contributed by atoms with Crippen molar-refractivity contribution >= 4 is 11.6 Å². The van der Waals surface area contributed by atoms with Gasteiger partial charge in [-0.3, -0.25) is 0 Å². The fourth-order valence-corrected chi connectivity index (χ4v) is 3.34. The summed E-state index contributed by atoms with van der Waals surface area (Å²) in [5.41, 5.74) is 14.3. The molecule has 0 amide bonds. The highest BCUT2D eigenvalue weighted by Crippen LogP contribution is 2.31. The maximum atomic E-state index is 5.45. The van der Waals surface area contributed by atoms with Crippen LogP contribution in [0.5, 0.6) is 0 Å². The minimum atomic E-state index is 0.548. The Kier molecular flexibility index (Phi) is 9.14. The van der Waals surface area contributed by atoms with E-state index in [0.29, 0.717) is 6.54 Å². The third kappa shape index (κ3) is 6.89. The van der Waals surface area contributed by atoms with Gasteiger partial charge in [0.25, 0.3) is 0 Å². The van der Waals surface area contributed by atoms with Gasteiger partial charge in [-0.2, -0.15) is 0 Å². The molecule has 2 rings (SSSR count). The highest BCUT2D eigenvalue weighted by molar-refractivity contribution is 5.75. The summed E-state index contributed by atoms with van der Waals surface area (Å²) in [4.78, 5) is 0. The summed E-state index contributed by atoms with van der Waals surface area (Å²) < 4.78 is 0. The third-order valence-corrected chi connectivity index (χ3v) is 5.03. The lowest BCUT2D eigenvalue weighted by molar-refractivity contribution is 1.03. The lowest BCUT2D eigenvalue weighted by Crippen LogP contribution is -1.95. The number of benzene rings is 1. The Labute approximate surface area is 176 Å². The molecular weight excluding hydrogens is 350 g/mol. The van der Waals surface area contributed by atoms with Crippen LogP contribution in [0.25, 0.3) is 11.6 Å². The highest BCUT2D eigenvalue weighted by Gasteiger charge is 2.10. The van der Waals surface area contributed by atoms with Crippen molar-refractivity contribution in [2.45, 2.75) is 33.6 Å². The molecule has 0 bridgehead atoms. The van der Waals surface area contributed by atoms with E-state index in [1.807, 2.05) is 31.2 Å². The van der Waals surface area contributed by atoms with Crippen molar-refractivity contribution < 1.29 is 0 Å². The van der Waals surface area contributed by atoms with Crippen LogP contribution in [0.15, 0.2) is 102 Å². The highest BCUT2D eigenvalue weighted by atomic mass is 14.5. The number of hydrogen-bond acceptors (Lipinski definition) is 1. The fourth-order valence-electron chi connectivity index (χ4n) is 3.34. The number of rotatable bonds is 8. The standard InChI is InChI=1S/C28H33N/c1-5-26(22(2)13-7-6-12-20-29)16-10-9-15-25-19-18-24(4)28(21-25)27-17-11-8-14-23(27)3/h5-10,12-16,18-19,21H,2,11,17,20,29H2,1,3-4H3/b12-6-,13-7-,15-9+,16-10-,26-5+. The SMILES string of the molecule is C=C(/C=C\C=C/CN)C(/C=C\C=C\c1ccc(C)c(C2=C(C)C=CCC2)c1)=C/C. The normalized spacial score (nSPS) is 15.7. The van der Waals surface area contributed by atoms with Crippen LogP contribution < -0.4 is 5.73 Å². The summed E-state index contributed by atoms with van der Waals surface area (Å²) >= 11 is 0. The lowest BCUT2D eigenvalue weighted by atomic mass is 9.89. The zero-order valence-corrected chi connectivity index (χ0v) is 18.0. The van der Waals surface area contributed by atoms with E-state index in [1.54, 1.807) is 0 Å². The molecule has 0 aromatic heterocycles. The van der Waals surface area contributed by atoms with Gasteiger partial charge in [0.15, 0.2) is 0 Å². The predicted molar refractivity (Wildman–Crippen MR) is 131 cm³/mol. The minimum Gasteiger partial charge on any atom is -0.327 e. The van der Waals surface area contributed by atoms with Crippen molar-refractivity contribution in [2.24, 2.45) is 5.73 Å². The Hall–Kier alpha value is -2.90. The maximum absolute atomic E-state index is 5.45. The minimum absolute atomic E-state index is 0.548. The second kappa shape index (κ2) is 11.8. The number of hydrogen-bond donors (Lipinski definition) is 1. The van der Waals surface area contributed by atoms with E-state index >= 15 is 0 Å². The summed E-state index contributed by atoms with van der Waals surface area (Å²) in [5, 5.41) is 0. The molecule has 1 aliphatic rings. The van der Waals surface area contributed by atoms with Gasteiger partial charge in [0.1, 0.15) is 0 Å². The summed E-state index contributed by atoms with van der Waals surface area (Å²) in [7, 11) is 0. The van der Waals surface area contributed by atoms with Gasteiger partial charge in [0.2, 0.25) is 0 Å². The van der Waals surface area contributed by atoms with Crippen molar-refractivity contribution in [3.05, 3.63) is 119 Å². The fraction of sp³-hybridized carbons (Fsp3) is 0.214. The molecule has 1 heteroatoms. The first-order chi connectivity index (χ1) is 14.1. The molecule has 1 aromatic rings. The second-order valence-corrected chi connectivity index (χ2v) is 7.19. The van der Waals surface area contributed by atoms with Crippen LogP contribution in [0.3, 0.4) is 0 Å². The Balaban J connectivity index is 2.11. The molecule has 0 radical (unpaired) electrons. The monoisotopic (exact) mass is 383 g/mol. The van der Waals surface area contributed by atoms with Crippen LogP contribution in [0.1, 0.15) is 43.4 Å². The van der Waals surface area contributed by atoms with E-state index in [2.05, 4.69) is 81.2 Å². The maximum Gasteiger partial charge on any atom is 0.0109 e. The third-order valence-electron chi connectivity index (χ3n) is 5.03. The molecular formula is C28H33N. The van der Waals surface area contributed by atoms with Crippen molar-refractivity contribution in [1.82, 2.24) is 0 Å². The average Bonchev–Trinajstić information content (AvgIpc) is 2.73. The smallest absolute Gasteiger partial charge is 0.0109 e. The molecule has 0 fully saturated rings. The molecule has 1 aromatic carbocycles. The molecule has 0 atom stereocenters. The van der Waals surface area contributed by atoms with Crippen LogP contribution in [0.2, 0.25) is 0 Å². The molecule has 0 heterocycles. The zero-order valence-electron chi connectivity index (χ0n) is 18.0. The summed E-state index contributed by atoms with van der Waals surface area (Å²) in [6, 6.07) is 6.70. The lowest BCUT2D eigenvalue weighted by Gasteiger charge is -2.16. The van der Waals surface area contributed by atoms with Gasteiger partial charge in [-0.05, 0) is 78.7 Å². The molecule has 2 N–H and O–H groups in total. The molecule has 0 aliphatic heterocycles. The Morgan fingerprint density at radius 2 is 1.90 bits per heavy atom. The number of aryl methyl sites for hydroxylation is 1. The molecule has 29 heavy (non-hydrogen) atoms. The first-order valence-electron chi connectivity index (χ1n) is 10.3. The summed E-state index contributed by atoms with van der Waals surface area (Å²) in [5.74, 6) is 0. The molecule has 0 saturated carbocycles. The first kappa shape index (κ1) is 22.4. The van der Waals surface area contributed by atoms with Crippen molar-refractivity contribution in [3.8, 4) is 0 Å². The van der Waals surface area contributed by atoms with Gasteiger partial charge in [-0.25, -0.2) is 0 Å². The quantitative estimate of drug-likeness (QED) is 0.470. The topological polar surface area (TPSA) is 26.0 Å². The van der Waals surface area contributed by atoms with E-state index in [9.17, 15) is 0 Å². The number of allylic oxidation sites excluding steroid dienone is 13. The van der Waals surface area contributed by atoms with Crippen molar-refractivity contribution in [3.63, 3.8) is 0 Å². The predicted octanol–water partition coefficient (Wildman–Crippen LogP) is 7.26. The largest absolute Gasteiger partial charge is 0.327 e. The van der Waals surface area contributed by atoms with Gasteiger partial charge < -0.3 is 5.73 Å². The van der Waals surface area contributed by atoms with Crippen molar-refractivity contribution in [2.75, 3.05) is 6.54 Å². The van der Waals surface area contributed by atoms with Crippen LogP contribution >= 0.6 is 0 Å². The van der Waals surface area contributed by atoms with Gasteiger partial charge in [-0.15, -0.1) is 0 Å². The van der Waals surface area contributed by atoms with E-state index < -0.39 is 0 Å². The van der Waals surface area contributed by atoms with Crippen molar-refractivity contribution in [1.29, 1.82) is 0 Å². The van der Waals surface area contributed by atoms with Crippen LogP contribution in [0, 0.1) is 6.92 Å². The van der Waals surface area contributed by atoms with E-state index in [1.165, 1.54) is 27.8 Å². The Morgan fingerprint density at radius 3 is 2.62 bits per heavy atom. The molecule has 1 aliphatic carbocycles. The van der Waals surface area contributed by atoms with Crippen LogP contribution in [0.4, 0.5) is 0 Å². The zero-order chi connectivity index (χ0) is 21.1. The van der Waals surface area contributed by atoms with Crippen LogP contribution in [-0.2, 0) is 0 Å². The van der Waals surface area contributed by atoms with E-state index in [4.69, 9.17) is 5.73 Å². The van der Waals surface area contributed by atoms with Gasteiger partial charge in [-0.1, -0.05) is 85.5 Å². The number of nitrogens with two attached hydrogens (primary N) is 1. The Bertz CT molecular complexity index is 927. The van der Waals surface area contributed by atoms with Crippen LogP contribution in [-0.4, -0.2) is 6.54 Å². The second-order valence-electron chi connectivity index (χ2n) is 7.19.